The van der Waals surface area contributed by atoms with Crippen LogP contribution in [-0.2, 0) is 16.1 Å². The number of hydrogen-bond donors (Lipinski definition) is 5. The first-order chi connectivity index (χ1) is 13.8. The molecule has 0 radical (unpaired) electrons. The smallest absolute Gasteiger partial charge is 0.407 e. The number of carboxylic acids is 1. The molecule has 162 valence electrons. The summed E-state index contributed by atoms with van der Waals surface area (Å²) in [5.41, 5.74) is 9.95. The molecular weight excluding hydrogens is 384 g/mol. The van der Waals surface area contributed by atoms with E-state index in [9.17, 15) is 19.2 Å². The number of carboxylic acid groups (broad SMARTS) is 1. The number of nitrogens with zero attached hydrogens (tertiary/aromatic N) is 2. The number of aryl methyl sites for hydroxylation is 1. The van der Waals surface area contributed by atoms with Crippen LogP contribution in [0.2, 0.25) is 0 Å². The summed E-state index contributed by atoms with van der Waals surface area (Å²) in [5, 5.41) is 13.7. The van der Waals surface area contributed by atoms with Crippen molar-refractivity contribution in [3.63, 3.8) is 0 Å². The molecule has 1 aromatic heterocycles. The van der Waals surface area contributed by atoms with Crippen molar-refractivity contribution in [2.24, 2.45) is 5.73 Å². The van der Waals surface area contributed by atoms with Crippen molar-refractivity contribution in [3.05, 3.63) is 22.7 Å². The Morgan fingerprint density at radius 1 is 1.21 bits per heavy atom. The van der Waals surface area contributed by atoms with Crippen LogP contribution in [0.5, 0.6) is 0 Å². The van der Waals surface area contributed by atoms with E-state index in [1.807, 2.05) is 0 Å². The van der Waals surface area contributed by atoms with Crippen molar-refractivity contribution < 1.29 is 24.2 Å². The Morgan fingerprint density at radius 3 is 2.59 bits per heavy atom. The first-order valence-corrected chi connectivity index (χ1v) is 9.32. The number of primary amides is 1. The molecule has 3 amide bonds. The largest absolute Gasteiger partial charge is 0.480 e. The van der Waals surface area contributed by atoms with E-state index >= 15 is 0 Å². The number of urea groups is 1. The maximum absolute atomic E-state index is 11.7. The molecular formula is C17H28N6O6. The zero-order valence-electron chi connectivity index (χ0n) is 16.1. The molecule has 0 aliphatic heterocycles. The van der Waals surface area contributed by atoms with Gasteiger partial charge >= 0.3 is 23.8 Å². The highest BCUT2D eigenvalue weighted by Gasteiger charge is 2.20. The zero-order chi connectivity index (χ0) is 21.6. The molecule has 12 nitrogen and oxygen atoms in total. The van der Waals surface area contributed by atoms with Crippen LogP contribution in [0.15, 0.2) is 17.1 Å². The van der Waals surface area contributed by atoms with E-state index in [2.05, 4.69) is 15.6 Å². The third kappa shape index (κ3) is 10.6. The molecule has 0 aliphatic carbocycles. The quantitative estimate of drug-likeness (QED) is 0.280. The SMILES string of the molecule is NC(=O)NCCC[C@H](NC(=O)OCCCCCCn1ccc(N)nc1=O)C(=O)O. The van der Waals surface area contributed by atoms with Gasteiger partial charge in [-0.3, -0.25) is 4.57 Å². The fraction of sp³-hybridized carbons (Fsp3) is 0.588. The Kier molecular flexibility index (Phi) is 10.6. The predicted molar refractivity (Wildman–Crippen MR) is 104 cm³/mol. The molecule has 1 rings (SSSR count). The first kappa shape index (κ1) is 23.7. The summed E-state index contributed by atoms with van der Waals surface area (Å²) in [6.45, 7) is 0.900. The van der Waals surface area contributed by atoms with Crippen LogP contribution < -0.4 is 27.8 Å². The van der Waals surface area contributed by atoms with Gasteiger partial charge in [-0.05, 0) is 38.2 Å². The van der Waals surface area contributed by atoms with Crippen molar-refractivity contribution in [1.29, 1.82) is 0 Å². The van der Waals surface area contributed by atoms with E-state index in [-0.39, 0.29) is 31.1 Å². The van der Waals surface area contributed by atoms with E-state index in [4.69, 9.17) is 21.3 Å². The summed E-state index contributed by atoms with van der Waals surface area (Å²) >= 11 is 0. The number of rotatable bonds is 13. The van der Waals surface area contributed by atoms with Gasteiger partial charge in [0.05, 0.1) is 6.61 Å². The monoisotopic (exact) mass is 412 g/mol. The van der Waals surface area contributed by atoms with Crippen LogP contribution in [0.4, 0.5) is 15.4 Å². The first-order valence-electron chi connectivity index (χ1n) is 9.32. The van der Waals surface area contributed by atoms with Gasteiger partial charge in [-0.25, -0.2) is 19.2 Å². The van der Waals surface area contributed by atoms with E-state index in [0.717, 1.165) is 19.3 Å². The Hall–Kier alpha value is -3.31. The molecule has 1 aromatic rings. The molecule has 0 bridgehead atoms. The van der Waals surface area contributed by atoms with E-state index in [1.54, 1.807) is 12.3 Å². The molecule has 1 atom stereocenters. The third-order valence-electron chi connectivity index (χ3n) is 3.98. The molecule has 0 unspecified atom stereocenters. The number of hydrogen-bond acceptors (Lipinski definition) is 7. The van der Waals surface area contributed by atoms with E-state index < -0.39 is 24.1 Å². The Labute approximate surface area is 167 Å². The number of nitrogens with one attached hydrogen (secondary N) is 2. The minimum atomic E-state index is -1.19. The third-order valence-corrected chi connectivity index (χ3v) is 3.98. The highest BCUT2D eigenvalue weighted by Crippen LogP contribution is 2.03. The van der Waals surface area contributed by atoms with Gasteiger partial charge in [-0.1, -0.05) is 6.42 Å². The van der Waals surface area contributed by atoms with Crippen molar-refractivity contribution >= 4 is 23.9 Å². The zero-order valence-corrected chi connectivity index (χ0v) is 16.1. The number of alkyl carbamates (subject to hydrolysis) is 1. The second-order valence-electron chi connectivity index (χ2n) is 6.35. The molecule has 0 spiro atoms. The molecule has 0 saturated carbocycles. The Morgan fingerprint density at radius 2 is 1.93 bits per heavy atom. The van der Waals surface area contributed by atoms with Gasteiger partial charge in [0, 0.05) is 19.3 Å². The molecule has 0 saturated heterocycles. The van der Waals surface area contributed by atoms with Gasteiger partial charge in [-0.2, -0.15) is 4.98 Å². The molecule has 0 fully saturated rings. The number of carbonyl (C=O) groups excluding carboxylic acids is 2. The number of unbranched alkanes of at least 4 members (excludes halogenated alkanes) is 3. The molecule has 29 heavy (non-hydrogen) atoms. The molecule has 12 heteroatoms. The number of aromatic nitrogens is 2. The maximum Gasteiger partial charge on any atom is 0.407 e. The summed E-state index contributed by atoms with van der Waals surface area (Å²) in [5.74, 6) is -0.998. The van der Waals surface area contributed by atoms with Gasteiger partial charge in [0.2, 0.25) is 0 Å². The molecule has 1 heterocycles. The van der Waals surface area contributed by atoms with Crippen molar-refractivity contribution in [3.8, 4) is 0 Å². The van der Waals surface area contributed by atoms with Crippen LogP contribution in [-0.4, -0.2) is 51.9 Å². The normalized spacial score (nSPS) is 11.4. The summed E-state index contributed by atoms with van der Waals surface area (Å²) in [6, 6.07) is -0.239. The van der Waals surface area contributed by atoms with Gasteiger partial charge < -0.3 is 31.9 Å². The molecule has 0 aliphatic rings. The maximum atomic E-state index is 11.7. The van der Waals surface area contributed by atoms with Gasteiger partial charge in [0.15, 0.2) is 0 Å². The number of aliphatic carboxylic acids is 1. The van der Waals surface area contributed by atoms with Crippen molar-refractivity contribution in [1.82, 2.24) is 20.2 Å². The highest BCUT2D eigenvalue weighted by atomic mass is 16.5. The van der Waals surface area contributed by atoms with E-state index in [1.165, 1.54) is 4.57 Å². The van der Waals surface area contributed by atoms with Gasteiger partial charge in [0.1, 0.15) is 11.9 Å². The number of carbonyl (C=O) groups is 3. The second kappa shape index (κ2) is 13.0. The minimum absolute atomic E-state index is 0.129. The molecule has 7 N–H and O–H groups in total. The van der Waals surface area contributed by atoms with Gasteiger partial charge in [0.25, 0.3) is 0 Å². The summed E-state index contributed by atoms with van der Waals surface area (Å²) in [6.07, 6.45) is 4.25. The van der Waals surface area contributed by atoms with Crippen LogP contribution in [0, 0.1) is 0 Å². The number of nitrogens with two attached hydrogens (primary N) is 2. The fourth-order valence-electron chi connectivity index (χ4n) is 2.47. The number of amides is 3. The van der Waals surface area contributed by atoms with Crippen LogP contribution in [0.25, 0.3) is 0 Å². The lowest BCUT2D eigenvalue weighted by atomic mass is 10.1. The summed E-state index contributed by atoms with van der Waals surface area (Å²) in [4.78, 5) is 48.6. The molecule has 0 aromatic carbocycles. The van der Waals surface area contributed by atoms with Crippen LogP contribution in [0.3, 0.4) is 0 Å². The lowest BCUT2D eigenvalue weighted by molar-refractivity contribution is -0.139. The Bertz CT molecular complexity index is 737. The number of ether oxygens (including phenoxy) is 1. The lowest BCUT2D eigenvalue weighted by Crippen LogP contribution is -2.41. The predicted octanol–water partition coefficient (Wildman–Crippen LogP) is 0.0138. The van der Waals surface area contributed by atoms with Crippen LogP contribution in [0.1, 0.15) is 38.5 Å². The number of anilines is 1. The average molecular weight is 412 g/mol. The minimum Gasteiger partial charge on any atom is -0.480 e. The van der Waals surface area contributed by atoms with Crippen molar-refractivity contribution in [2.45, 2.75) is 51.1 Å². The number of nitrogen functional groups attached to an aromatic ring is 1. The van der Waals surface area contributed by atoms with Gasteiger partial charge in [-0.15, -0.1) is 0 Å². The average Bonchev–Trinajstić information content (AvgIpc) is 2.64. The highest BCUT2D eigenvalue weighted by molar-refractivity contribution is 5.79. The Balaban J connectivity index is 2.14. The summed E-state index contributed by atoms with van der Waals surface area (Å²) < 4.78 is 6.46. The standard InChI is InChI=1S/C17H28N6O6/c18-13-7-10-23(16(27)22-13)9-3-1-2-4-11-29-17(28)21-12(14(24)25)6-5-8-20-15(19)26/h7,10,12H,1-6,8-9,11H2,(H,21,28)(H,24,25)(H2,18,22,27)(H3,19,20,26)/t12-/m0/s1. The van der Waals surface area contributed by atoms with Crippen molar-refractivity contribution in [2.75, 3.05) is 18.9 Å². The topological polar surface area (TPSA) is 192 Å². The van der Waals surface area contributed by atoms with E-state index in [0.29, 0.717) is 19.4 Å². The van der Waals surface area contributed by atoms with Crippen LogP contribution >= 0.6 is 0 Å². The lowest BCUT2D eigenvalue weighted by Gasteiger charge is -2.14. The fourth-order valence-corrected chi connectivity index (χ4v) is 2.47. The second-order valence-corrected chi connectivity index (χ2v) is 6.35. The summed E-state index contributed by atoms with van der Waals surface area (Å²) in [7, 11) is 0.